The lowest BCUT2D eigenvalue weighted by Gasteiger charge is -2.08. The number of hydrogen-bond donors (Lipinski definition) is 1. The third-order valence-corrected chi connectivity index (χ3v) is 3.38. The zero-order valence-corrected chi connectivity index (χ0v) is 10.5. The first-order valence-electron chi connectivity index (χ1n) is 5.17. The van der Waals surface area contributed by atoms with Crippen LogP contribution in [0.25, 0.3) is 0 Å². The summed E-state index contributed by atoms with van der Waals surface area (Å²) in [6, 6.07) is 4.72. The first-order valence-corrected chi connectivity index (χ1v) is 6.05. The lowest BCUT2D eigenvalue weighted by molar-refractivity contribution is 0.387. The van der Waals surface area contributed by atoms with Gasteiger partial charge in [-0.05, 0) is 19.1 Å². The van der Waals surface area contributed by atoms with Crippen LogP contribution >= 0.6 is 11.3 Å². The molecule has 0 radical (unpaired) electrons. The van der Waals surface area contributed by atoms with E-state index in [1.54, 1.807) is 23.5 Å². The van der Waals surface area contributed by atoms with Gasteiger partial charge >= 0.3 is 0 Å². The Morgan fingerprint density at radius 3 is 2.94 bits per heavy atom. The molecule has 0 fully saturated rings. The van der Waals surface area contributed by atoms with Crippen LogP contribution in [0.1, 0.15) is 10.6 Å². The Balaban J connectivity index is 2.07. The number of aryl methyl sites for hydroxylation is 1. The van der Waals surface area contributed by atoms with Gasteiger partial charge in [0.15, 0.2) is 11.6 Å². The minimum absolute atomic E-state index is 0.246. The molecule has 2 rings (SSSR count). The van der Waals surface area contributed by atoms with Crippen molar-refractivity contribution < 1.29 is 9.13 Å². The molecule has 90 valence electrons. The standard InChI is InChI=1S/C12H13FN2OS/c1-8-12(17-7-15-8)6-14-9-3-4-10(13)11(5-9)16-2/h3-5,7,14H,6H2,1-2H3. The predicted molar refractivity (Wildman–Crippen MR) is 67.1 cm³/mol. The normalized spacial score (nSPS) is 10.3. The van der Waals surface area contributed by atoms with Gasteiger partial charge in [0.2, 0.25) is 0 Å². The average molecular weight is 252 g/mol. The van der Waals surface area contributed by atoms with Gasteiger partial charge in [0.05, 0.1) is 24.9 Å². The van der Waals surface area contributed by atoms with Gasteiger partial charge in [-0.25, -0.2) is 9.37 Å². The molecule has 0 amide bonds. The van der Waals surface area contributed by atoms with Crippen LogP contribution in [-0.4, -0.2) is 12.1 Å². The molecule has 0 aliphatic carbocycles. The van der Waals surface area contributed by atoms with Gasteiger partial charge in [-0.15, -0.1) is 11.3 Å². The summed E-state index contributed by atoms with van der Waals surface area (Å²) in [6.07, 6.45) is 0. The van der Waals surface area contributed by atoms with Gasteiger partial charge in [0.25, 0.3) is 0 Å². The Hall–Kier alpha value is -1.62. The van der Waals surface area contributed by atoms with Crippen molar-refractivity contribution in [3.05, 3.63) is 40.1 Å². The number of aromatic nitrogens is 1. The van der Waals surface area contributed by atoms with E-state index in [-0.39, 0.29) is 11.6 Å². The minimum atomic E-state index is -0.355. The molecule has 0 spiro atoms. The summed E-state index contributed by atoms with van der Waals surface area (Å²) in [7, 11) is 1.45. The maximum absolute atomic E-state index is 13.2. The summed E-state index contributed by atoms with van der Waals surface area (Å²) in [5.41, 5.74) is 3.67. The zero-order valence-electron chi connectivity index (χ0n) is 9.66. The Morgan fingerprint density at radius 1 is 1.47 bits per heavy atom. The number of thiazole rings is 1. The van der Waals surface area contributed by atoms with Crippen molar-refractivity contribution in [1.29, 1.82) is 0 Å². The van der Waals surface area contributed by atoms with E-state index in [1.165, 1.54) is 18.1 Å². The van der Waals surface area contributed by atoms with Crippen molar-refractivity contribution in [2.75, 3.05) is 12.4 Å². The minimum Gasteiger partial charge on any atom is -0.494 e. The van der Waals surface area contributed by atoms with Gasteiger partial charge in [-0.3, -0.25) is 0 Å². The number of ether oxygens (including phenoxy) is 1. The van der Waals surface area contributed by atoms with Crippen LogP contribution in [0.4, 0.5) is 10.1 Å². The molecule has 5 heteroatoms. The molecule has 0 saturated carbocycles. The van der Waals surface area contributed by atoms with Crippen LogP contribution in [0.3, 0.4) is 0 Å². The highest BCUT2D eigenvalue weighted by molar-refractivity contribution is 7.09. The van der Waals surface area contributed by atoms with Crippen LogP contribution in [0.5, 0.6) is 5.75 Å². The molecular formula is C12H13FN2OS. The molecule has 17 heavy (non-hydrogen) atoms. The second kappa shape index (κ2) is 5.14. The van der Waals surface area contributed by atoms with Gasteiger partial charge in [-0.1, -0.05) is 0 Å². The van der Waals surface area contributed by atoms with Crippen LogP contribution in [0.15, 0.2) is 23.7 Å². The van der Waals surface area contributed by atoms with E-state index in [0.717, 1.165) is 11.4 Å². The summed E-state index contributed by atoms with van der Waals surface area (Å²) >= 11 is 1.60. The fraction of sp³-hybridized carbons (Fsp3) is 0.250. The summed E-state index contributed by atoms with van der Waals surface area (Å²) in [4.78, 5) is 5.34. The van der Waals surface area contributed by atoms with Crippen LogP contribution in [0, 0.1) is 12.7 Å². The highest BCUT2D eigenvalue weighted by atomic mass is 32.1. The molecule has 2 aromatic rings. The summed E-state index contributed by atoms with van der Waals surface area (Å²) in [5.74, 6) is -0.108. The van der Waals surface area contributed by atoms with Crippen molar-refractivity contribution in [3.8, 4) is 5.75 Å². The van der Waals surface area contributed by atoms with E-state index >= 15 is 0 Å². The van der Waals surface area contributed by atoms with Crippen LogP contribution < -0.4 is 10.1 Å². The SMILES string of the molecule is COc1cc(NCc2scnc2C)ccc1F. The van der Waals surface area contributed by atoms with Gasteiger partial charge in [-0.2, -0.15) is 0 Å². The van der Waals surface area contributed by atoms with Crippen molar-refractivity contribution in [2.45, 2.75) is 13.5 Å². The Kier molecular flexibility index (Phi) is 3.58. The smallest absolute Gasteiger partial charge is 0.165 e. The predicted octanol–water partition coefficient (Wildman–Crippen LogP) is 3.21. The molecule has 0 bridgehead atoms. The van der Waals surface area contributed by atoms with Crippen molar-refractivity contribution in [2.24, 2.45) is 0 Å². The third kappa shape index (κ3) is 2.74. The highest BCUT2D eigenvalue weighted by Crippen LogP contribution is 2.22. The molecule has 0 aliphatic heterocycles. The first kappa shape index (κ1) is 11.9. The van der Waals surface area contributed by atoms with Gasteiger partial charge in [0.1, 0.15) is 0 Å². The number of benzene rings is 1. The topological polar surface area (TPSA) is 34.1 Å². The maximum atomic E-state index is 13.2. The molecule has 0 saturated heterocycles. The van der Waals surface area contributed by atoms with Crippen LogP contribution in [0.2, 0.25) is 0 Å². The Morgan fingerprint density at radius 2 is 2.29 bits per heavy atom. The molecule has 3 nitrogen and oxygen atoms in total. The molecule has 1 aromatic heterocycles. The van der Waals surface area contributed by atoms with E-state index in [4.69, 9.17) is 4.74 Å². The van der Waals surface area contributed by atoms with E-state index < -0.39 is 0 Å². The number of halogens is 1. The summed E-state index contributed by atoms with van der Waals surface area (Å²) < 4.78 is 18.1. The highest BCUT2D eigenvalue weighted by Gasteiger charge is 2.04. The van der Waals surface area contributed by atoms with E-state index in [2.05, 4.69) is 10.3 Å². The Labute approximate surface area is 103 Å². The van der Waals surface area contributed by atoms with Crippen molar-refractivity contribution >= 4 is 17.0 Å². The summed E-state index contributed by atoms with van der Waals surface area (Å²) in [5, 5.41) is 3.21. The first-order chi connectivity index (χ1) is 8.20. The van der Waals surface area contributed by atoms with Gasteiger partial charge in [0, 0.05) is 16.6 Å². The van der Waals surface area contributed by atoms with E-state index in [9.17, 15) is 4.39 Å². The third-order valence-electron chi connectivity index (χ3n) is 2.45. The molecule has 0 unspecified atom stereocenters. The number of anilines is 1. The molecule has 0 aliphatic rings. The molecule has 1 aromatic carbocycles. The number of nitrogens with zero attached hydrogens (tertiary/aromatic N) is 1. The number of nitrogens with one attached hydrogen (secondary N) is 1. The Bertz CT molecular complexity index is 513. The van der Waals surface area contributed by atoms with E-state index in [0.29, 0.717) is 6.54 Å². The fourth-order valence-electron chi connectivity index (χ4n) is 1.45. The largest absolute Gasteiger partial charge is 0.494 e. The quantitative estimate of drug-likeness (QED) is 0.907. The average Bonchev–Trinajstić information content (AvgIpc) is 2.74. The second-order valence-electron chi connectivity index (χ2n) is 3.56. The van der Waals surface area contributed by atoms with E-state index in [1.807, 2.05) is 12.4 Å². The zero-order chi connectivity index (χ0) is 12.3. The molecular weight excluding hydrogens is 239 g/mol. The maximum Gasteiger partial charge on any atom is 0.165 e. The monoisotopic (exact) mass is 252 g/mol. The van der Waals surface area contributed by atoms with Crippen LogP contribution in [-0.2, 0) is 6.54 Å². The molecule has 0 atom stereocenters. The fourth-order valence-corrected chi connectivity index (χ4v) is 2.16. The summed E-state index contributed by atoms with van der Waals surface area (Å²) in [6.45, 7) is 2.66. The second-order valence-corrected chi connectivity index (χ2v) is 4.50. The van der Waals surface area contributed by atoms with Crippen molar-refractivity contribution in [3.63, 3.8) is 0 Å². The lowest BCUT2D eigenvalue weighted by atomic mass is 10.3. The van der Waals surface area contributed by atoms with Crippen molar-refractivity contribution in [1.82, 2.24) is 4.98 Å². The molecule has 1 heterocycles. The van der Waals surface area contributed by atoms with Gasteiger partial charge < -0.3 is 10.1 Å². The molecule has 1 N–H and O–H groups in total. The number of methoxy groups -OCH3 is 1. The lowest BCUT2D eigenvalue weighted by Crippen LogP contribution is -2.00. The number of rotatable bonds is 4. The number of hydrogen-bond acceptors (Lipinski definition) is 4.